The van der Waals surface area contributed by atoms with Gasteiger partial charge in [-0.3, -0.25) is 0 Å². The third-order valence-electron chi connectivity index (χ3n) is 2.04. The maximum atomic E-state index is 12.1. The molecule has 1 N–H and O–H groups in total. The minimum Gasteiger partial charge on any atom is -0.405 e. The van der Waals surface area contributed by atoms with Crippen molar-refractivity contribution < 1.29 is 17.9 Å². The summed E-state index contributed by atoms with van der Waals surface area (Å²) in [5.74, 6) is -0.284. The van der Waals surface area contributed by atoms with E-state index in [1.165, 1.54) is 29.7 Å². The molecular formula is C10H7BrF3N3OS. The van der Waals surface area contributed by atoms with Gasteiger partial charge < -0.3 is 10.1 Å². The number of nitrogens with zero attached hydrogens (tertiary/aromatic N) is 2. The number of hydrogen-bond donors (Lipinski definition) is 1. The Labute approximate surface area is 118 Å². The van der Waals surface area contributed by atoms with Crippen LogP contribution in [0.4, 0.5) is 18.9 Å². The summed E-state index contributed by atoms with van der Waals surface area (Å²) >= 11 is 4.26. The Morgan fingerprint density at radius 3 is 2.74 bits per heavy atom. The molecule has 102 valence electrons. The molecule has 4 nitrogen and oxygen atoms in total. The van der Waals surface area contributed by atoms with Gasteiger partial charge in [-0.15, -0.1) is 18.3 Å². The monoisotopic (exact) mass is 353 g/mol. The van der Waals surface area contributed by atoms with Crippen molar-refractivity contribution >= 4 is 33.1 Å². The molecule has 0 radical (unpaired) electrons. The van der Waals surface area contributed by atoms with Crippen LogP contribution in [-0.4, -0.2) is 15.9 Å². The Balaban J connectivity index is 2.02. The number of halogens is 4. The van der Waals surface area contributed by atoms with Crippen LogP contribution in [0.2, 0.25) is 0 Å². The lowest BCUT2D eigenvalue weighted by atomic mass is 10.3. The first-order valence-electron chi connectivity index (χ1n) is 4.99. The molecule has 9 heteroatoms. The number of anilines is 1. The summed E-state index contributed by atoms with van der Waals surface area (Å²) < 4.78 is 44.0. The standard InChI is InChI=1S/C10H7BrF3N3OS/c11-8-3-6(15-4-7-5-19-17-16-7)1-2-9(8)18-10(12,13)14/h1-3,5,15H,4H2. The van der Waals surface area contributed by atoms with Crippen LogP contribution in [0.5, 0.6) is 5.75 Å². The lowest BCUT2D eigenvalue weighted by Crippen LogP contribution is -2.17. The Kier molecular flexibility index (Phi) is 4.25. The van der Waals surface area contributed by atoms with E-state index in [2.05, 4.69) is 35.6 Å². The van der Waals surface area contributed by atoms with Gasteiger partial charge in [0.1, 0.15) is 5.75 Å². The van der Waals surface area contributed by atoms with E-state index in [0.717, 1.165) is 5.69 Å². The molecule has 0 atom stereocenters. The predicted molar refractivity (Wildman–Crippen MR) is 68.1 cm³/mol. The highest BCUT2D eigenvalue weighted by atomic mass is 79.9. The number of hydrogen-bond acceptors (Lipinski definition) is 5. The summed E-state index contributed by atoms with van der Waals surface area (Å²) in [4.78, 5) is 0. The van der Waals surface area contributed by atoms with Crippen molar-refractivity contribution in [2.75, 3.05) is 5.32 Å². The maximum Gasteiger partial charge on any atom is 0.573 e. The molecular weight excluding hydrogens is 347 g/mol. The number of alkyl halides is 3. The number of benzene rings is 1. The van der Waals surface area contributed by atoms with E-state index in [4.69, 9.17) is 0 Å². The zero-order chi connectivity index (χ0) is 13.9. The molecule has 0 aliphatic rings. The maximum absolute atomic E-state index is 12.1. The van der Waals surface area contributed by atoms with Gasteiger partial charge in [0.15, 0.2) is 0 Å². The molecule has 1 aromatic carbocycles. The molecule has 0 aliphatic carbocycles. The van der Waals surface area contributed by atoms with Gasteiger partial charge in [0.2, 0.25) is 0 Å². The Morgan fingerprint density at radius 1 is 1.37 bits per heavy atom. The highest BCUT2D eigenvalue weighted by Crippen LogP contribution is 2.32. The van der Waals surface area contributed by atoms with Gasteiger partial charge in [-0.1, -0.05) is 4.49 Å². The van der Waals surface area contributed by atoms with Crippen LogP contribution < -0.4 is 10.1 Å². The molecule has 0 saturated heterocycles. The van der Waals surface area contributed by atoms with Gasteiger partial charge in [0.05, 0.1) is 16.7 Å². The summed E-state index contributed by atoms with van der Waals surface area (Å²) in [5, 5.41) is 8.64. The zero-order valence-corrected chi connectivity index (χ0v) is 11.6. The molecule has 19 heavy (non-hydrogen) atoms. The van der Waals surface area contributed by atoms with Crippen molar-refractivity contribution in [3.05, 3.63) is 33.7 Å². The van der Waals surface area contributed by atoms with Gasteiger partial charge in [-0.2, -0.15) is 0 Å². The third-order valence-corrected chi connectivity index (χ3v) is 3.21. The van der Waals surface area contributed by atoms with Crippen molar-refractivity contribution in [2.24, 2.45) is 0 Å². The van der Waals surface area contributed by atoms with Crippen LogP contribution in [0.15, 0.2) is 28.1 Å². The summed E-state index contributed by atoms with van der Waals surface area (Å²) in [6.45, 7) is 0.447. The Hall–Kier alpha value is -1.35. The summed E-state index contributed by atoms with van der Waals surface area (Å²) in [7, 11) is 0. The number of nitrogens with one attached hydrogen (secondary N) is 1. The molecule has 0 spiro atoms. The summed E-state index contributed by atoms with van der Waals surface area (Å²) in [6, 6.07) is 4.23. The summed E-state index contributed by atoms with van der Waals surface area (Å²) in [5.41, 5.74) is 1.41. The molecule has 0 fully saturated rings. The first kappa shape index (κ1) is 14.1. The molecule has 2 aromatic rings. The minimum absolute atomic E-state index is 0.214. The Morgan fingerprint density at radius 2 is 2.16 bits per heavy atom. The van der Waals surface area contributed by atoms with Crippen LogP contribution >= 0.6 is 27.5 Å². The van der Waals surface area contributed by atoms with Gasteiger partial charge in [-0.05, 0) is 45.7 Å². The van der Waals surface area contributed by atoms with Crippen molar-refractivity contribution in [3.8, 4) is 5.75 Å². The summed E-state index contributed by atoms with van der Waals surface area (Å²) in [6.07, 6.45) is -4.70. The Bertz CT molecular complexity index is 547. The third kappa shape index (κ3) is 4.35. The largest absolute Gasteiger partial charge is 0.573 e. The van der Waals surface area contributed by atoms with Crippen LogP contribution in [0.25, 0.3) is 0 Å². The van der Waals surface area contributed by atoms with E-state index < -0.39 is 6.36 Å². The van der Waals surface area contributed by atoms with E-state index in [9.17, 15) is 13.2 Å². The lowest BCUT2D eigenvalue weighted by Gasteiger charge is -2.12. The van der Waals surface area contributed by atoms with Crippen molar-refractivity contribution in [1.82, 2.24) is 9.59 Å². The first-order chi connectivity index (χ1) is 8.94. The average Bonchev–Trinajstić information content (AvgIpc) is 2.81. The van der Waals surface area contributed by atoms with Crippen molar-refractivity contribution in [3.63, 3.8) is 0 Å². The zero-order valence-electron chi connectivity index (χ0n) is 9.24. The fourth-order valence-electron chi connectivity index (χ4n) is 1.27. The van der Waals surface area contributed by atoms with Crippen molar-refractivity contribution in [2.45, 2.75) is 12.9 Å². The second-order valence-electron chi connectivity index (χ2n) is 3.44. The lowest BCUT2D eigenvalue weighted by molar-refractivity contribution is -0.274. The van der Waals surface area contributed by atoms with E-state index in [1.807, 2.05) is 0 Å². The molecule has 2 rings (SSSR count). The van der Waals surface area contributed by atoms with Gasteiger partial charge in [0.25, 0.3) is 0 Å². The van der Waals surface area contributed by atoms with Crippen molar-refractivity contribution in [1.29, 1.82) is 0 Å². The van der Waals surface area contributed by atoms with Crippen LogP contribution in [0.1, 0.15) is 5.69 Å². The molecule has 0 saturated carbocycles. The average molecular weight is 354 g/mol. The number of ether oxygens (including phenoxy) is 1. The fourth-order valence-corrected chi connectivity index (χ4v) is 2.18. The van der Waals surface area contributed by atoms with Crippen LogP contribution in [-0.2, 0) is 6.54 Å². The highest BCUT2D eigenvalue weighted by Gasteiger charge is 2.31. The van der Waals surface area contributed by atoms with Crippen LogP contribution in [0, 0.1) is 0 Å². The first-order valence-corrected chi connectivity index (χ1v) is 6.62. The molecule has 1 aromatic heterocycles. The molecule has 0 amide bonds. The highest BCUT2D eigenvalue weighted by molar-refractivity contribution is 9.10. The normalized spacial score (nSPS) is 11.4. The second kappa shape index (κ2) is 5.74. The second-order valence-corrected chi connectivity index (χ2v) is 4.91. The molecule has 0 bridgehead atoms. The minimum atomic E-state index is -4.70. The molecule has 1 heterocycles. The smallest absolute Gasteiger partial charge is 0.405 e. The van der Waals surface area contributed by atoms with Gasteiger partial charge in [0, 0.05) is 11.1 Å². The quantitative estimate of drug-likeness (QED) is 0.907. The number of aromatic nitrogens is 2. The predicted octanol–water partition coefficient (Wildman–Crippen LogP) is 3.81. The molecule has 0 unspecified atom stereocenters. The van der Waals surface area contributed by atoms with E-state index in [-0.39, 0.29) is 10.2 Å². The van der Waals surface area contributed by atoms with Gasteiger partial charge >= 0.3 is 6.36 Å². The van der Waals surface area contributed by atoms with E-state index >= 15 is 0 Å². The van der Waals surface area contributed by atoms with E-state index in [1.54, 1.807) is 5.38 Å². The van der Waals surface area contributed by atoms with Gasteiger partial charge in [-0.25, -0.2) is 0 Å². The molecule has 0 aliphatic heterocycles. The van der Waals surface area contributed by atoms with Crippen LogP contribution in [0.3, 0.4) is 0 Å². The topological polar surface area (TPSA) is 47.0 Å². The number of rotatable bonds is 4. The van der Waals surface area contributed by atoms with E-state index in [0.29, 0.717) is 12.2 Å². The fraction of sp³-hybridized carbons (Fsp3) is 0.200. The SMILES string of the molecule is FC(F)(F)Oc1ccc(NCc2csnn2)cc1Br.